The summed E-state index contributed by atoms with van der Waals surface area (Å²) in [5.41, 5.74) is 2.76. The summed E-state index contributed by atoms with van der Waals surface area (Å²) in [6, 6.07) is 17.8. The first-order valence-corrected chi connectivity index (χ1v) is 10.4. The van der Waals surface area contributed by atoms with E-state index in [4.69, 9.17) is 0 Å². The zero-order chi connectivity index (χ0) is 21.8. The van der Waals surface area contributed by atoms with Crippen molar-refractivity contribution in [2.45, 2.75) is 24.2 Å². The molecule has 158 valence electrons. The van der Waals surface area contributed by atoms with E-state index in [1.165, 1.54) is 0 Å². The molecule has 1 fully saturated rings. The van der Waals surface area contributed by atoms with Crippen LogP contribution < -0.4 is 10.7 Å². The van der Waals surface area contributed by atoms with Crippen molar-refractivity contribution in [1.29, 1.82) is 0 Å². The number of tetrazole rings is 1. The highest BCUT2D eigenvalue weighted by Gasteiger charge is 2.49. The third-order valence-electron chi connectivity index (χ3n) is 4.79. The summed E-state index contributed by atoms with van der Waals surface area (Å²) in [7, 11) is 0. The van der Waals surface area contributed by atoms with E-state index in [0.29, 0.717) is 22.3 Å². The van der Waals surface area contributed by atoms with Crippen LogP contribution in [0, 0.1) is 0 Å². The number of aromatic nitrogens is 4. The van der Waals surface area contributed by atoms with Crippen molar-refractivity contribution in [2.75, 3.05) is 5.75 Å². The van der Waals surface area contributed by atoms with Gasteiger partial charge in [-0.05, 0) is 28.5 Å². The van der Waals surface area contributed by atoms with Gasteiger partial charge in [0, 0.05) is 0 Å². The van der Waals surface area contributed by atoms with Gasteiger partial charge in [0.1, 0.15) is 5.54 Å². The molecular weight excluding hydrogens is 418 g/mol. The molecule has 1 aliphatic rings. The number of thioether (sulfide) groups is 1. The van der Waals surface area contributed by atoms with Crippen LogP contribution in [0.25, 0.3) is 0 Å². The van der Waals surface area contributed by atoms with E-state index in [1.54, 1.807) is 35.9 Å². The van der Waals surface area contributed by atoms with Crippen molar-refractivity contribution in [2.24, 2.45) is 0 Å². The molecule has 0 saturated carbocycles. The summed E-state index contributed by atoms with van der Waals surface area (Å²) >= 11 is 1.11. The van der Waals surface area contributed by atoms with E-state index in [1.807, 2.05) is 36.4 Å². The average molecular weight is 437 g/mol. The Kier molecular flexibility index (Phi) is 5.67. The summed E-state index contributed by atoms with van der Waals surface area (Å²) in [6.45, 7) is 2.06. The van der Waals surface area contributed by atoms with E-state index in [2.05, 4.69) is 26.3 Å². The zero-order valence-electron chi connectivity index (χ0n) is 16.6. The van der Waals surface area contributed by atoms with Gasteiger partial charge in [-0.3, -0.25) is 15.0 Å². The van der Waals surface area contributed by atoms with Crippen LogP contribution in [0.1, 0.15) is 18.1 Å². The molecule has 1 aromatic heterocycles. The number of rotatable bonds is 7. The standard InChI is InChI=1S/C20H19N7O3S/c1-20(15-10-6-3-7-11-15)17(29)27(18(30)21-20)23-16(28)13-31-19-22-24-25-26(19)12-14-8-4-2-5-9-14/h2-11H,12-13H2,1H3,(H,21,30)(H,23,28)/t20-/m1/s1. The lowest BCUT2D eigenvalue weighted by molar-refractivity contribution is -0.138. The largest absolute Gasteiger partial charge is 0.344 e. The first kappa shape index (κ1) is 20.5. The van der Waals surface area contributed by atoms with E-state index in [-0.39, 0.29) is 5.75 Å². The molecule has 2 heterocycles. The second kappa shape index (κ2) is 8.56. The summed E-state index contributed by atoms with van der Waals surface area (Å²) in [6.07, 6.45) is 0. The highest BCUT2D eigenvalue weighted by Crippen LogP contribution is 2.27. The number of hydrogen-bond donors (Lipinski definition) is 2. The SMILES string of the molecule is C[C@]1(c2ccccc2)NC(=O)N(NC(=O)CSc2nnnn2Cc2ccccc2)C1=O. The Hall–Kier alpha value is -3.73. The van der Waals surface area contributed by atoms with Crippen LogP contribution in [0.5, 0.6) is 0 Å². The number of carbonyl (C=O) groups is 3. The number of benzene rings is 2. The second-order valence-corrected chi connectivity index (χ2v) is 7.93. The second-order valence-electron chi connectivity index (χ2n) is 6.99. The lowest BCUT2D eigenvalue weighted by Gasteiger charge is -2.22. The molecule has 10 nitrogen and oxygen atoms in total. The van der Waals surface area contributed by atoms with Gasteiger partial charge in [0.2, 0.25) is 11.1 Å². The smallest absolute Gasteiger partial charge is 0.318 e. The van der Waals surface area contributed by atoms with Gasteiger partial charge in [0.05, 0.1) is 12.3 Å². The van der Waals surface area contributed by atoms with Crippen molar-refractivity contribution in [1.82, 2.24) is 36.0 Å². The lowest BCUT2D eigenvalue weighted by Crippen LogP contribution is -2.48. The highest BCUT2D eigenvalue weighted by atomic mass is 32.2. The number of hydrogen-bond acceptors (Lipinski definition) is 7. The minimum atomic E-state index is -1.25. The number of amides is 4. The van der Waals surface area contributed by atoms with Crippen molar-refractivity contribution in [3.05, 3.63) is 71.8 Å². The number of imide groups is 1. The van der Waals surface area contributed by atoms with Crippen LogP contribution in [0.15, 0.2) is 65.8 Å². The fourth-order valence-electron chi connectivity index (χ4n) is 3.15. The zero-order valence-corrected chi connectivity index (χ0v) is 17.4. The van der Waals surface area contributed by atoms with E-state index in [0.717, 1.165) is 17.3 Å². The molecule has 0 bridgehead atoms. The molecular formula is C20H19N7O3S. The summed E-state index contributed by atoms with van der Waals surface area (Å²) in [4.78, 5) is 37.6. The fraction of sp³-hybridized carbons (Fsp3) is 0.200. The Balaban J connectivity index is 1.37. The van der Waals surface area contributed by atoms with Gasteiger partial charge in [0.25, 0.3) is 5.91 Å². The van der Waals surface area contributed by atoms with Crippen LogP contribution in [0.4, 0.5) is 4.79 Å². The maximum Gasteiger partial charge on any atom is 0.344 e. The Morgan fingerprint density at radius 2 is 1.77 bits per heavy atom. The van der Waals surface area contributed by atoms with Crippen LogP contribution in [-0.2, 0) is 21.7 Å². The molecule has 0 radical (unpaired) electrons. The van der Waals surface area contributed by atoms with E-state index < -0.39 is 23.4 Å². The van der Waals surface area contributed by atoms with Crippen LogP contribution >= 0.6 is 11.8 Å². The molecule has 3 aromatic rings. The summed E-state index contributed by atoms with van der Waals surface area (Å²) in [5.74, 6) is -1.16. The van der Waals surface area contributed by atoms with Gasteiger partial charge in [-0.15, -0.1) is 5.10 Å². The minimum Gasteiger partial charge on any atom is -0.318 e. The summed E-state index contributed by atoms with van der Waals surface area (Å²) < 4.78 is 1.58. The van der Waals surface area contributed by atoms with Crippen molar-refractivity contribution in [3.63, 3.8) is 0 Å². The topological polar surface area (TPSA) is 122 Å². The molecule has 0 unspecified atom stereocenters. The molecule has 2 aromatic carbocycles. The third kappa shape index (κ3) is 4.26. The predicted molar refractivity (Wildman–Crippen MR) is 111 cm³/mol. The van der Waals surface area contributed by atoms with Crippen LogP contribution in [0.2, 0.25) is 0 Å². The first-order valence-electron chi connectivity index (χ1n) is 9.42. The predicted octanol–water partition coefficient (Wildman–Crippen LogP) is 1.31. The normalized spacial score (nSPS) is 18.2. The van der Waals surface area contributed by atoms with Crippen LogP contribution in [-0.4, -0.2) is 48.8 Å². The van der Waals surface area contributed by atoms with Gasteiger partial charge in [-0.2, -0.15) is 5.01 Å². The number of hydrazine groups is 1. The van der Waals surface area contributed by atoms with Gasteiger partial charge < -0.3 is 5.32 Å². The van der Waals surface area contributed by atoms with Crippen molar-refractivity contribution < 1.29 is 14.4 Å². The van der Waals surface area contributed by atoms with Crippen molar-refractivity contribution in [3.8, 4) is 0 Å². The average Bonchev–Trinajstić information content (AvgIpc) is 3.31. The Labute approximate surface area is 182 Å². The number of nitrogens with one attached hydrogen (secondary N) is 2. The molecule has 1 saturated heterocycles. The molecule has 1 atom stereocenters. The highest BCUT2D eigenvalue weighted by molar-refractivity contribution is 7.99. The maximum atomic E-state index is 12.8. The monoisotopic (exact) mass is 437 g/mol. The first-order chi connectivity index (χ1) is 15.0. The number of nitrogens with zero attached hydrogens (tertiary/aromatic N) is 5. The Morgan fingerprint density at radius 3 is 2.48 bits per heavy atom. The van der Waals surface area contributed by atoms with E-state index >= 15 is 0 Å². The Morgan fingerprint density at radius 1 is 1.10 bits per heavy atom. The quantitative estimate of drug-likeness (QED) is 0.422. The molecule has 2 N–H and O–H groups in total. The fourth-order valence-corrected chi connectivity index (χ4v) is 3.82. The molecule has 31 heavy (non-hydrogen) atoms. The van der Waals surface area contributed by atoms with Gasteiger partial charge in [-0.25, -0.2) is 9.48 Å². The van der Waals surface area contributed by atoms with Crippen LogP contribution in [0.3, 0.4) is 0 Å². The molecule has 11 heteroatoms. The number of carbonyl (C=O) groups excluding carboxylic acids is 3. The Bertz CT molecular complexity index is 1110. The molecule has 4 rings (SSSR count). The molecule has 1 aliphatic heterocycles. The molecule has 4 amide bonds. The molecule has 0 aliphatic carbocycles. The maximum absolute atomic E-state index is 12.8. The van der Waals surface area contributed by atoms with E-state index in [9.17, 15) is 14.4 Å². The third-order valence-corrected chi connectivity index (χ3v) is 5.74. The summed E-state index contributed by atoms with van der Waals surface area (Å²) in [5, 5.41) is 15.3. The lowest BCUT2D eigenvalue weighted by atomic mass is 9.92. The van der Waals surface area contributed by atoms with Gasteiger partial charge >= 0.3 is 6.03 Å². The molecule has 0 spiro atoms. The number of urea groups is 1. The minimum absolute atomic E-state index is 0.0751. The van der Waals surface area contributed by atoms with Gasteiger partial charge in [0.15, 0.2) is 0 Å². The van der Waals surface area contributed by atoms with Gasteiger partial charge in [-0.1, -0.05) is 72.4 Å². The van der Waals surface area contributed by atoms with Crippen molar-refractivity contribution >= 4 is 29.6 Å².